The highest BCUT2D eigenvalue weighted by Crippen LogP contribution is 2.35. The van der Waals surface area contributed by atoms with Crippen molar-refractivity contribution in [3.63, 3.8) is 0 Å². The number of allylic oxidation sites excluding steroid dienone is 5. The van der Waals surface area contributed by atoms with Crippen LogP contribution >= 0.6 is 0 Å². The number of hydrogen-bond acceptors (Lipinski definition) is 6. The minimum Gasteiger partial charge on any atom is -0.372 e. The van der Waals surface area contributed by atoms with E-state index in [1.165, 1.54) is 24.3 Å². The van der Waals surface area contributed by atoms with E-state index in [1.807, 2.05) is 12.1 Å². The second-order valence-corrected chi connectivity index (χ2v) is 16.2. The molecule has 0 fully saturated rings. The summed E-state index contributed by atoms with van der Waals surface area (Å²) in [6, 6.07) is 27.9. The van der Waals surface area contributed by atoms with Gasteiger partial charge in [0.25, 0.3) is 20.2 Å². The van der Waals surface area contributed by atoms with Crippen LogP contribution < -0.4 is 9.80 Å². The van der Waals surface area contributed by atoms with Gasteiger partial charge in [0.15, 0.2) is 6.54 Å². The molecule has 0 saturated carbocycles. The maximum Gasteiger partial charge on any atom is 0.294 e. The second-order valence-electron chi connectivity index (χ2n) is 13.4. The molecule has 284 valence electrons. The Kier molecular flexibility index (Phi) is 12.8. The average Bonchev–Trinajstić information content (AvgIpc) is 3.14. The molecule has 9 nitrogen and oxygen atoms in total. The molecule has 0 spiro atoms. The van der Waals surface area contributed by atoms with Gasteiger partial charge in [-0.1, -0.05) is 42.5 Å². The van der Waals surface area contributed by atoms with Crippen LogP contribution in [0, 0.1) is 6.92 Å². The van der Waals surface area contributed by atoms with Gasteiger partial charge in [0.2, 0.25) is 5.71 Å². The maximum atomic E-state index is 11.8. The quantitative estimate of drug-likeness (QED) is 0.0972. The van der Waals surface area contributed by atoms with Crippen LogP contribution in [0.5, 0.6) is 0 Å². The van der Waals surface area contributed by atoms with Gasteiger partial charge in [-0.2, -0.15) is 16.8 Å². The van der Waals surface area contributed by atoms with Gasteiger partial charge in [-0.15, -0.1) is 0 Å². The normalized spacial score (nSPS) is 15.1. The van der Waals surface area contributed by atoms with Crippen LogP contribution in [0.3, 0.4) is 0 Å². The third-order valence-corrected chi connectivity index (χ3v) is 11.5. The monoisotopic (exact) mass is 768 g/mol. The number of rotatable bonds is 14. The molecule has 11 heteroatoms. The van der Waals surface area contributed by atoms with Crippen LogP contribution in [-0.4, -0.2) is 62.4 Å². The van der Waals surface area contributed by atoms with Crippen molar-refractivity contribution in [3.05, 3.63) is 148 Å². The minimum atomic E-state index is -4.31. The molecule has 4 aromatic rings. The van der Waals surface area contributed by atoms with Crippen molar-refractivity contribution in [2.24, 2.45) is 0 Å². The molecule has 54 heavy (non-hydrogen) atoms. The fourth-order valence-corrected chi connectivity index (χ4v) is 8.14. The van der Waals surface area contributed by atoms with Gasteiger partial charge in [0.05, 0.1) is 9.79 Å². The molecule has 0 aliphatic heterocycles. The van der Waals surface area contributed by atoms with Gasteiger partial charge in [-0.05, 0) is 136 Å². The number of hydrogen-bond donors (Lipinski definition) is 2. The summed E-state index contributed by atoms with van der Waals surface area (Å²) >= 11 is 0. The summed E-state index contributed by atoms with van der Waals surface area (Å²) in [4.78, 5) is 4.26. The van der Waals surface area contributed by atoms with Crippen LogP contribution in [0.2, 0.25) is 0 Å². The Morgan fingerprint density at radius 2 is 1.24 bits per heavy atom. The number of nitrogens with zero attached hydrogens (tertiary/aromatic N) is 3. The zero-order chi connectivity index (χ0) is 39.2. The average molecular weight is 769 g/mol. The zero-order valence-corrected chi connectivity index (χ0v) is 33.5. The summed E-state index contributed by atoms with van der Waals surface area (Å²) in [6.07, 6.45) is 6.45. The Morgan fingerprint density at radius 3 is 1.78 bits per heavy atom. The van der Waals surface area contributed by atoms with Crippen LogP contribution in [0.15, 0.2) is 130 Å². The maximum absolute atomic E-state index is 11.8. The molecule has 1 aliphatic carbocycles. The lowest BCUT2D eigenvalue weighted by atomic mass is 9.88. The molecule has 0 unspecified atom stereocenters. The van der Waals surface area contributed by atoms with Gasteiger partial charge in [0.1, 0.15) is 6.54 Å². The first-order chi connectivity index (χ1) is 25.7. The molecular weight excluding hydrogens is 719 g/mol. The third-order valence-electron chi connectivity index (χ3n) is 9.84. The first kappa shape index (κ1) is 40.4. The standard InChI is InChI=1S/C43H49N3O6S2/c1-7-44(8-2)38-21-17-35(18-22-38)43(36-19-23-41(31(5)25-36)45(9-3)29-33-13-11-15-39(27-33)53(47,48)49)37-20-24-42(32(6)26-37)46(10-4)30-34-14-12-16-40(28-34)54(50,51)52/h11-28H,7-10,29-30H2,1-6H3,(H-,47,48,49,50,51,52)/p+1. The van der Waals surface area contributed by atoms with Gasteiger partial charge < -0.3 is 9.80 Å². The summed E-state index contributed by atoms with van der Waals surface area (Å²) in [6.45, 7) is 16.7. The van der Waals surface area contributed by atoms with Crippen molar-refractivity contribution in [3.8, 4) is 0 Å². The summed E-state index contributed by atoms with van der Waals surface area (Å²) in [7, 11) is -8.62. The van der Waals surface area contributed by atoms with E-state index in [-0.39, 0.29) is 9.79 Å². The fraction of sp³-hybridized carbons (Fsp3) is 0.279. The highest BCUT2D eigenvalue weighted by Gasteiger charge is 2.22. The van der Waals surface area contributed by atoms with Crippen molar-refractivity contribution in [1.82, 2.24) is 0 Å². The molecule has 0 saturated heterocycles. The number of aryl methyl sites for hydroxylation is 1. The third kappa shape index (κ3) is 9.46. The molecule has 0 heterocycles. The van der Waals surface area contributed by atoms with Crippen molar-refractivity contribution in [1.29, 1.82) is 0 Å². The van der Waals surface area contributed by atoms with Gasteiger partial charge in [-0.25, -0.2) is 4.58 Å². The minimum absolute atomic E-state index is 0.121. The van der Waals surface area contributed by atoms with E-state index >= 15 is 0 Å². The van der Waals surface area contributed by atoms with Crippen molar-refractivity contribution >= 4 is 42.9 Å². The topological polar surface area (TPSA) is 118 Å². The highest BCUT2D eigenvalue weighted by molar-refractivity contribution is 7.86. The summed E-state index contributed by atoms with van der Waals surface area (Å²) in [5.41, 5.74) is 11.2. The molecule has 1 aliphatic rings. The SMILES string of the molecule is CCN(CC)c1ccc(/C(=C2\C=CC(=[N+](CC)Cc3cccc(S(=O)(=O)O)c3)C(C)=C2)c2ccc(N(CC)Cc3cccc(S(=O)(=O)O)c3)c(C)c2)cc1. The van der Waals surface area contributed by atoms with Gasteiger partial charge >= 0.3 is 0 Å². The molecular formula is C43H50N3O6S2+. The van der Waals surface area contributed by atoms with E-state index in [4.69, 9.17) is 0 Å². The molecule has 2 N–H and O–H groups in total. The Labute approximate surface area is 320 Å². The smallest absolute Gasteiger partial charge is 0.294 e. The van der Waals surface area contributed by atoms with Crippen molar-refractivity contribution < 1.29 is 30.5 Å². The first-order valence-electron chi connectivity index (χ1n) is 18.2. The lowest BCUT2D eigenvalue weighted by Crippen LogP contribution is -2.23. The van der Waals surface area contributed by atoms with Crippen LogP contribution in [0.1, 0.15) is 62.4 Å². The predicted octanol–water partition coefficient (Wildman–Crippen LogP) is 8.35. The molecule has 0 aromatic heterocycles. The molecule has 0 amide bonds. The fourth-order valence-electron chi connectivity index (χ4n) is 7.04. The van der Waals surface area contributed by atoms with E-state index in [0.717, 1.165) is 74.7 Å². The van der Waals surface area contributed by atoms with Crippen molar-refractivity contribution in [2.75, 3.05) is 36.0 Å². The first-order valence-corrected chi connectivity index (χ1v) is 21.1. The van der Waals surface area contributed by atoms with E-state index in [9.17, 15) is 25.9 Å². The van der Waals surface area contributed by atoms with E-state index in [2.05, 4.69) is 117 Å². The number of anilines is 2. The highest BCUT2D eigenvalue weighted by atomic mass is 32.2. The molecule has 0 bridgehead atoms. The van der Waals surface area contributed by atoms with Crippen LogP contribution in [-0.2, 0) is 33.3 Å². The van der Waals surface area contributed by atoms with E-state index in [1.54, 1.807) is 12.1 Å². The summed E-state index contributed by atoms with van der Waals surface area (Å²) in [5.74, 6) is 0. The van der Waals surface area contributed by atoms with Crippen LogP contribution in [0.25, 0.3) is 5.57 Å². The Balaban J connectivity index is 1.57. The predicted molar refractivity (Wildman–Crippen MR) is 219 cm³/mol. The zero-order valence-electron chi connectivity index (χ0n) is 31.8. The molecule has 5 rings (SSSR count). The molecule has 0 atom stereocenters. The van der Waals surface area contributed by atoms with E-state index in [0.29, 0.717) is 26.2 Å². The molecule has 4 aromatic carbocycles. The van der Waals surface area contributed by atoms with Crippen LogP contribution in [0.4, 0.5) is 11.4 Å². The number of benzene rings is 4. The molecule has 0 radical (unpaired) electrons. The Bertz CT molecular complexity index is 2360. The lowest BCUT2D eigenvalue weighted by molar-refractivity contribution is -0.539. The lowest BCUT2D eigenvalue weighted by Gasteiger charge is -2.26. The Morgan fingerprint density at radius 1 is 0.667 bits per heavy atom. The van der Waals surface area contributed by atoms with E-state index < -0.39 is 20.2 Å². The summed E-state index contributed by atoms with van der Waals surface area (Å²) < 4.78 is 68.6. The van der Waals surface area contributed by atoms with Gasteiger partial charge in [0, 0.05) is 54.8 Å². The second kappa shape index (κ2) is 17.1. The van der Waals surface area contributed by atoms with Gasteiger partial charge in [-0.3, -0.25) is 9.11 Å². The summed E-state index contributed by atoms with van der Waals surface area (Å²) in [5, 5.41) is 0. The van der Waals surface area contributed by atoms with Crippen molar-refractivity contribution in [2.45, 2.75) is 64.4 Å². The Hall–Kier alpha value is -4.81. The largest absolute Gasteiger partial charge is 0.372 e.